The topological polar surface area (TPSA) is 87.5 Å². The van der Waals surface area contributed by atoms with Crippen LogP contribution in [0.2, 0.25) is 0 Å². The van der Waals surface area contributed by atoms with Crippen molar-refractivity contribution in [1.29, 1.82) is 0 Å². The third kappa shape index (κ3) is 5.71. The smallest absolute Gasteiger partial charge is 0.316 e. The summed E-state index contributed by atoms with van der Waals surface area (Å²) in [4.78, 5) is 24.4. The Hall–Kier alpha value is -2.08. The van der Waals surface area contributed by atoms with E-state index in [0.29, 0.717) is 19.5 Å². The van der Waals surface area contributed by atoms with Gasteiger partial charge in [0.25, 0.3) is 0 Å². The fourth-order valence-electron chi connectivity index (χ4n) is 1.61. The first-order valence-corrected chi connectivity index (χ1v) is 6.53. The fraction of sp³-hybridized carbons (Fsp3) is 0.429. The lowest BCUT2D eigenvalue weighted by atomic mass is 10.1. The number of hydrogen-bond acceptors (Lipinski definition) is 3. The van der Waals surface area contributed by atoms with Crippen LogP contribution >= 0.6 is 0 Å². The second-order valence-electron chi connectivity index (χ2n) is 4.71. The zero-order valence-corrected chi connectivity index (χ0v) is 11.9. The molecule has 6 heteroatoms. The highest BCUT2D eigenvalue weighted by Crippen LogP contribution is 2.01. The molecule has 0 heterocycles. The van der Waals surface area contributed by atoms with Crippen molar-refractivity contribution in [3.8, 4) is 0 Å². The Morgan fingerprint density at radius 2 is 1.75 bits per heavy atom. The quantitative estimate of drug-likeness (QED) is 0.637. The van der Waals surface area contributed by atoms with Crippen LogP contribution < -0.4 is 16.4 Å². The number of benzene rings is 1. The lowest BCUT2D eigenvalue weighted by molar-refractivity contribution is -0.122. The molecule has 0 radical (unpaired) electrons. The molecule has 0 fully saturated rings. The van der Waals surface area contributed by atoms with E-state index < -0.39 is 6.04 Å². The van der Waals surface area contributed by atoms with Crippen LogP contribution in [0.4, 0.5) is 4.79 Å². The molecule has 1 rings (SSSR count). The molecule has 0 spiro atoms. The summed E-state index contributed by atoms with van der Waals surface area (Å²) in [5, 5.41) is 5.36. The molecule has 1 atom stereocenters. The van der Waals surface area contributed by atoms with Gasteiger partial charge in [-0.3, -0.25) is 4.79 Å². The highest BCUT2D eigenvalue weighted by Gasteiger charge is 2.13. The van der Waals surface area contributed by atoms with Crippen molar-refractivity contribution in [2.24, 2.45) is 5.73 Å². The summed E-state index contributed by atoms with van der Waals surface area (Å²) in [6.07, 6.45) is 0.497. The van der Waals surface area contributed by atoms with Gasteiger partial charge in [0.05, 0.1) is 6.04 Å². The Labute approximate surface area is 119 Å². The van der Waals surface area contributed by atoms with E-state index in [1.54, 1.807) is 14.1 Å². The maximum absolute atomic E-state index is 11.8. The third-order valence-electron chi connectivity index (χ3n) is 2.74. The van der Waals surface area contributed by atoms with E-state index in [2.05, 4.69) is 10.6 Å². The number of rotatable bonds is 6. The van der Waals surface area contributed by atoms with E-state index in [-0.39, 0.29) is 11.9 Å². The first-order chi connectivity index (χ1) is 9.50. The van der Waals surface area contributed by atoms with Crippen molar-refractivity contribution in [3.05, 3.63) is 35.9 Å². The highest BCUT2D eigenvalue weighted by molar-refractivity contribution is 5.81. The Balaban J connectivity index is 2.24. The van der Waals surface area contributed by atoms with Gasteiger partial charge in [0.15, 0.2) is 0 Å². The van der Waals surface area contributed by atoms with Gasteiger partial charge < -0.3 is 21.3 Å². The molecule has 20 heavy (non-hydrogen) atoms. The molecule has 0 aliphatic heterocycles. The van der Waals surface area contributed by atoms with E-state index in [9.17, 15) is 9.59 Å². The first-order valence-electron chi connectivity index (χ1n) is 6.53. The number of carbonyl (C=O) groups is 2. The largest absolute Gasteiger partial charge is 0.353 e. The van der Waals surface area contributed by atoms with Crippen molar-refractivity contribution in [2.45, 2.75) is 12.5 Å². The Morgan fingerprint density at radius 3 is 2.35 bits per heavy atom. The lowest BCUT2D eigenvalue weighted by Crippen LogP contribution is -2.45. The molecule has 1 aromatic rings. The minimum atomic E-state index is -0.582. The van der Waals surface area contributed by atoms with Crippen molar-refractivity contribution in [3.63, 3.8) is 0 Å². The average Bonchev–Trinajstić information content (AvgIpc) is 2.43. The predicted molar refractivity (Wildman–Crippen MR) is 78.2 cm³/mol. The Kier molecular flexibility index (Phi) is 6.52. The van der Waals surface area contributed by atoms with E-state index in [0.717, 1.165) is 5.56 Å². The molecule has 6 nitrogen and oxygen atoms in total. The standard InChI is InChI=1S/C14H22N4O2/c1-18(2)14(20)17-9-8-16-13(19)12(15)10-11-6-4-3-5-7-11/h3-7,12H,8-10,15H2,1-2H3,(H,16,19)(H,17,20). The van der Waals surface area contributed by atoms with Crippen molar-refractivity contribution < 1.29 is 9.59 Å². The summed E-state index contributed by atoms with van der Waals surface area (Å²) >= 11 is 0. The molecule has 1 aromatic carbocycles. The predicted octanol–water partition coefficient (Wildman–Crippen LogP) is -0.0562. The van der Waals surface area contributed by atoms with E-state index >= 15 is 0 Å². The van der Waals surface area contributed by atoms with Gasteiger partial charge in [0.2, 0.25) is 5.91 Å². The van der Waals surface area contributed by atoms with Gasteiger partial charge in [-0.2, -0.15) is 0 Å². The molecule has 0 aliphatic carbocycles. The molecule has 1 unspecified atom stereocenters. The minimum Gasteiger partial charge on any atom is -0.353 e. The molecular weight excluding hydrogens is 256 g/mol. The van der Waals surface area contributed by atoms with E-state index in [1.807, 2.05) is 30.3 Å². The molecular formula is C14H22N4O2. The first kappa shape index (κ1) is 16.0. The number of nitrogens with one attached hydrogen (secondary N) is 2. The van der Waals surface area contributed by atoms with E-state index in [4.69, 9.17) is 5.73 Å². The number of hydrogen-bond donors (Lipinski definition) is 3. The normalized spacial score (nSPS) is 11.6. The number of urea groups is 1. The van der Waals surface area contributed by atoms with Crippen LogP contribution in [0.5, 0.6) is 0 Å². The van der Waals surface area contributed by atoms with Crippen LogP contribution in [0.15, 0.2) is 30.3 Å². The number of amides is 3. The van der Waals surface area contributed by atoms with Gasteiger partial charge in [0.1, 0.15) is 0 Å². The summed E-state index contributed by atoms with van der Waals surface area (Å²) in [7, 11) is 3.31. The van der Waals surface area contributed by atoms with Gasteiger partial charge in [-0.1, -0.05) is 30.3 Å². The molecule has 0 saturated heterocycles. The summed E-state index contributed by atoms with van der Waals surface area (Å²) in [5.74, 6) is -0.215. The van der Waals surface area contributed by atoms with E-state index in [1.165, 1.54) is 4.90 Å². The zero-order valence-electron chi connectivity index (χ0n) is 11.9. The zero-order chi connectivity index (χ0) is 15.0. The van der Waals surface area contributed by atoms with Crippen LogP contribution in [0.1, 0.15) is 5.56 Å². The molecule has 110 valence electrons. The number of carbonyl (C=O) groups excluding carboxylic acids is 2. The fourth-order valence-corrected chi connectivity index (χ4v) is 1.61. The summed E-state index contributed by atoms with van der Waals surface area (Å²) in [6.45, 7) is 0.738. The van der Waals surface area contributed by atoms with Crippen molar-refractivity contribution >= 4 is 11.9 Å². The monoisotopic (exact) mass is 278 g/mol. The SMILES string of the molecule is CN(C)C(=O)NCCNC(=O)C(N)Cc1ccccc1. The van der Waals surface area contributed by atoms with Crippen molar-refractivity contribution in [2.75, 3.05) is 27.2 Å². The molecule has 4 N–H and O–H groups in total. The second kappa shape index (κ2) is 8.16. The number of nitrogens with zero attached hydrogens (tertiary/aromatic N) is 1. The summed E-state index contributed by atoms with van der Waals surface area (Å²) < 4.78 is 0. The van der Waals surface area contributed by atoms with Gasteiger partial charge >= 0.3 is 6.03 Å². The molecule has 0 aromatic heterocycles. The maximum Gasteiger partial charge on any atom is 0.316 e. The maximum atomic E-state index is 11.8. The minimum absolute atomic E-state index is 0.187. The second-order valence-corrected chi connectivity index (χ2v) is 4.71. The number of nitrogens with two attached hydrogens (primary N) is 1. The van der Waals surface area contributed by atoms with Crippen LogP contribution in [-0.2, 0) is 11.2 Å². The molecule has 0 saturated carbocycles. The van der Waals surface area contributed by atoms with Crippen molar-refractivity contribution in [1.82, 2.24) is 15.5 Å². The van der Waals surface area contributed by atoms with Crippen LogP contribution in [-0.4, -0.2) is 50.1 Å². The van der Waals surface area contributed by atoms with Gasteiger partial charge in [-0.05, 0) is 12.0 Å². The molecule has 0 bridgehead atoms. The summed E-state index contributed by atoms with van der Waals surface area (Å²) in [6, 6.07) is 8.85. The Bertz CT molecular complexity index is 434. The van der Waals surface area contributed by atoms with Crippen LogP contribution in [0, 0.1) is 0 Å². The average molecular weight is 278 g/mol. The highest BCUT2D eigenvalue weighted by atomic mass is 16.2. The lowest BCUT2D eigenvalue weighted by Gasteiger charge is -2.14. The summed E-state index contributed by atoms with van der Waals surface area (Å²) in [5.41, 5.74) is 6.86. The van der Waals surface area contributed by atoms with Gasteiger partial charge in [-0.15, -0.1) is 0 Å². The van der Waals surface area contributed by atoms with Gasteiger partial charge in [0, 0.05) is 27.2 Å². The molecule has 3 amide bonds. The molecule has 0 aliphatic rings. The van der Waals surface area contributed by atoms with Gasteiger partial charge in [-0.25, -0.2) is 4.79 Å². The Morgan fingerprint density at radius 1 is 1.15 bits per heavy atom. The van der Waals surface area contributed by atoms with Crippen LogP contribution in [0.3, 0.4) is 0 Å². The third-order valence-corrected chi connectivity index (χ3v) is 2.74. The van der Waals surface area contributed by atoms with Crippen LogP contribution in [0.25, 0.3) is 0 Å².